The molecule has 5 nitrogen and oxygen atoms in total. The summed E-state index contributed by atoms with van der Waals surface area (Å²) >= 11 is 0. The van der Waals surface area contributed by atoms with E-state index in [2.05, 4.69) is 10.3 Å². The van der Waals surface area contributed by atoms with Crippen LogP contribution in [0.4, 0.5) is 14.8 Å². The second kappa shape index (κ2) is 4.82. The molecule has 0 atom stereocenters. The normalized spacial score (nSPS) is 10.3. The van der Waals surface area contributed by atoms with Crippen LogP contribution in [0.25, 0.3) is 0 Å². The van der Waals surface area contributed by atoms with Gasteiger partial charge in [0.05, 0.1) is 0 Å². The molecule has 0 radical (unpaired) electrons. The van der Waals surface area contributed by atoms with E-state index in [9.17, 15) is 13.6 Å². The molecule has 0 aliphatic carbocycles. The van der Waals surface area contributed by atoms with E-state index in [1.807, 2.05) is 0 Å². The lowest BCUT2D eigenvalue weighted by Crippen LogP contribution is -2.02. The molecule has 1 aromatic heterocycles. The van der Waals surface area contributed by atoms with Crippen molar-refractivity contribution in [3.05, 3.63) is 47.4 Å². The highest BCUT2D eigenvalue weighted by molar-refractivity contribution is 5.85. The molecule has 2 aromatic rings. The molecule has 0 saturated carbocycles. The smallest absolute Gasteiger partial charge is 0.357 e. The molecule has 0 aliphatic heterocycles. The number of carboxylic acids is 1. The minimum atomic E-state index is -1.21. The fraction of sp³-hybridized carbons (Fsp3) is 0.0909. The number of aromatic nitrogens is 1. The van der Waals surface area contributed by atoms with Crippen LogP contribution in [0, 0.1) is 11.6 Å². The van der Waals surface area contributed by atoms with Crippen molar-refractivity contribution in [2.24, 2.45) is 0 Å². The lowest BCUT2D eigenvalue weighted by Gasteiger charge is -2.02. The first kappa shape index (κ1) is 12.0. The predicted octanol–water partition coefficient (Wildman–Crippen LogP) is 2.26. The zero-order chi connectivity index (χ0) is 13.1. The molecule has 1 aromatic carbocycles. The summed E-state index contributed by atoms with van der Waals surface area (Å²) in [6.07, 6.45) is 0.982. The number of halogens is 2. The summed E-state index contributed by atoms with van der Waals surface area (Å²) in [7, 11) is 0. The predicted molar refractivity (Wildman–Crippen MR) is 57.1 cm³/mol. The Bertz CT molecular complexity index is 583. The van der Waals surface area contributed by atoms with E-state index >= 15 is 0 Å². The van der Waals surface area contributed by atoms with Gasteiger partial charge < -0.3 is 14.8 Å². The van der Waals surface area contributed by atoms with Gasteiger partial charge in [-0.15, -0.1) is 0 Å². The molecule has 0 spiro atoms. The first-order valence-electron chi connectivity index (χ1n) is 4.93. The maximum atomic E-state index is 12.9. The van der Waals surface area contributed by atoms with Gasteiger partial charge in [0, 0.05) is 6.54 Å². The van der Waals surface area contributed by atoms with Crippen LogP contribution in [0.15, 0.2) is 28.9 Å². The summed E-state index contributed by atoms with van der Waals surface area (Å²) < 4.78 is 30.4. The van der Waals surface area contributed by atoms with Gasteiger partial charge in [-0.1, -0.05) is 6.07 Å². The Morgan fingerprint density at radius 2 is 2.17 bits per heavy atom. The molecule has 18 heavy (non-hydrogen) atoms. The Morgan fingerprint density at radius 3 is 2.78 bits per heavy atom. The van der Waals surface area contributed by atoms with Crippen molar-refractivity contribution in [1.29, 1.82) is 0 Å². The van der Waals surface area contributed by atoms with Crippen LogP contribution in [0.3, 0.4) is 0 Å². The third kappa shape index (κ3) is 2.62. The van der Waals surface area contributed by atoms with Gasteiger partial charge in [-0.25, -0.2) is 13.6 Å². The number of nitrogens with zero attached hydrogens (tertiary/aromatic N) is 1. The van der Waals surface area contributed by atoms with Crippen LogP contribution in [-0.2, 0) is 6.54 Å². The molecule has 0 unspecified atom stereocenters. The van der Waals surface area contributed by atoms with Gasteiger partial charge in [0.2, 0.25) is 0 Å². The molecule has 0 saturated heterocycles. The van der Waals surface area contributed by atoms with Gasteiger partial charge in [-0.3, -0.25) is 0 Å². The minimum absolute atomic E-state index is 0.00265. The molecular weight excluding hydrogens is 246 g/mol. The van der Waals surface area contributed by atoms with Crippen molar-refractivity contribution in [1.82, 2.24) is 4.98 Å². The molecule has 7 heteroatoms. The van der Waals surface area contributed by atoms with Crippen LogP contribution < -0.4 is 5.32 Å². The molecule has 0 amide bonds. The highest BCUT2D eigenvalue weighted by Gasteiger charge is 2.10. The average molecular weight is 254 g/mol. The Morgan fingerprint density at radius 1 is 1.39 bits per heavy atom. The van der Waals surface area contributed by atoms with Crippen LogP contribution in [0.5, 0.6) is 0 Å². The van der Waals surface area contributed by atoms with Gasteiger partial charge in [-0.2, -0.15) is 4.98 Å². The number of aromatic carboxylic acids is 1. The first-order chi connectivity index (χ1) is 8.56. The fourth-order valence-electron chi connectivity index (χ4n) is 1.28. The quantitative estimate of drug-likeness (QED) is 0.875. The zero-order valence-electron chi connectivity index (χ0n) is 8.98. The van der Waals surface area contributed by atoms with Crippen LogP contribution >= 0.6 is 0 Å². The topological polar surface area (TPSA) is 75.4 Å². The third-order valence-corrected chi connectivity index (χ3v) is 2.15. The van der Waals surface area contributed by atoms with E-state index in [0.717, 1.165) is 18.4 Å². The number of oxazole rings is 1. The number of carbonyl (C=O) groups is 1. The summed E-state index contributed by atoms with van der Waals surface area (Å²) in [4.78, 5) is 14.1. The molecular formula is C11H8F2N2O3. The first-order valence-corrected chi connectivity index (χ1v) is 4.93. The number of nitrogens with one attached hydrogen (secondary N) is 1. The Kier molecular flexibility index (Phi) is 3.22. The van der Waals surface area contributed by atoms with Crippen molar-refractivity contribution in [2.75, 3.05) is 5.32 Å². The van der Waals surface area contributed by atoms with E-state index in [0.29, 0.717) is 5.56 Å². The van der Waals surface area contributed by atoms with E-state index < -0.39 is 17.6 Å². The molecule has 94 valence electrons. The van der Waals surface area contributed by atoms with Crippen LogP contribution in [-0.4, -0.2) is 16.1 Å². The number of benzene rings is 1. The molecule has 2 N–H and O–H groups in total. The van der Waals surface area contributed by atoms with Crippen molar-refractivity contribution in [2.45, 2.75) is 6.54 Å². The molecule has 2 rings (SSSR count). The van der Waals surface area contributed by atoms with Crippen molar-refractivity contribution in [3.8, 4) is 0 Å². The number of rotatable bonds is 4. The molecule has 0 aliphatic rings. The minimum Gasteiger partial charge on any atom is -0.476 e. The largest absolute Gasteiger partial charge is 0.476 e. The average Bonchev–Trinajstić information content (AvgIpc) is 2.79. The summed E-state index contributed by atoms with van der Waals surface area (Å²) in [5.41, 5.74) is 0.242. The van der Waals surface area contributed by atoms with Gasteiger partial charge in [0.25, 0.3) is 6.01 Å². The Labute approximate surface area is 100 Å². The number of carboxylic acid groups (broad SMARTS) is 1. The lowest BCUT2D eigenvalue weighted by molar-refractivity contribution is 0.0690. The van der Waals surface area contributed by atoms with Crippen molar-refractivity contribution < 1.29 is 23.1 Å². The maximum Gasteiger partial charge on any atom is 0.357 e. The highest BCUT2D eigenvalue weighted by Crippen LogP contribution is 2.12. The third-order valence-electron chi connectivity index (χ3n) is 2.15. The molecule has 1 heterocycles. The van der Waals surface area contributed by atoms with Gasteiger partial charge in [-0.05, 0) is 17.7 Å². The van der Waals surface area contributed by atoms with Gasteiger partial charge >= 0.3 is 5.97 Å². The van der Waals surface area contributed by atoms with E-state index in [4.69, 9.17) is 9.52 Å². The van der Waals surface area contributed by atoms with Crippen molar-refractivity contribution in [3.63, 3.8) is 0 Å². The molecule has 0 bridgehead atoms. The number of hydrogen-bond acceptors (Lipinski definition) is 4. The number of anilines is 1. The number of hydrogen-bond donors (Lipinski definition) is 2. The monoisotopic (exact) mass is 254 g/mol. The summed E-state index contributed by atoms with van der Waals surface area (Å²) in [5.74, 6) is -3.09. The Balaban J connectivity index is 2.02. The van der Waals surface area contributed by atoms with E-state index in [1.54, 1.807) is 0 Å². The highest BCUT2D eigenvalue weighted by atomic mass is 19.2. The van der Waals surface area contributed by atoms with E-state index in [1.165, 1.54) is 6.07 Å². The zero-order valence-corrected chi connectivity index (χ0v) is 8.98. The maximum absolute atomic E-state index is 12.9. The van der Waals surface area contributed by atoms with Crippen LogP contribution in [0.2, 0.25) is 0 Å². The van der Waals surface area contributed by atoms with E-state index in [-0.39, 0.29) is 18.3 Å². The Hall–Kier alpha value is -2.44. The summed E-state index contributed by atoms with van der Waals surface area (Å²) in [5, 5.41) is 11.3. The second-order valence-corrected chi connectivity index (χ2v) is 3.45. The summed E-state index contributed by atoms with van der Waals surface area (Å²) in [6.45, 7) is 0.136. The van der Waals surface area contributed by atoms with Gasteiger partial charge in [0.1, 0.15) is 6.26 Å². The van der Waals surface area contributed by atoms with Gasteiger partial charge in [0.15, 0.2) is 17.3 Å². The fourth-order valence-corrected chi connectivity index (χ4v) is 1.28. The SMILES string of the molecule is O=C(O)c1coc(NCc2ccc(F)c(F)c2)n1. The lowest BCUT2D eigenvalue weighted by atomic mass is 10.2. The van der Waals surface area contributed by atoms with Crippen molar-refractivity contribution >= 4 is 12.0 Å². The standard InChI is InChI=1S/C11H8F2N2O3/c12-7-2-1-6(3-8(7)13)4-14-11-15-9(5-18-11)10(16)17/h1-3,5H,4H2,(H,14,15)(H,16,17). The molecule has 0 fully saturated rings. The van der Waals surface area contributed by atoms with Crippen LogP contribution in [0.1, 0.15) is 16.1 Å². The second-order valence-electron chi connectivity index (χ2n) is 3.45. The summed E-state index contributed by atoms with van der Waals surface area (Å²) in [6, 6.07) is 3.43.